The van der Waals surface area contributed by atoms with Crippen LogP contribution in [0.25, 0.3) is 4.96 Å². The summed E-state index contributed by atoms with van der Waals surface area (Å²) >= 11 is 1.49. The number of nitrogens with zero attached hydrogens (tertiary/aromatic N) is 2. The SMILES string of the molecule is CCOc1ccc(NC(=O)c2cn3ccsc3n2)cc1. The Kier molecular flexibility index (Phi) is 3.39. The molecule has 3 aromatic rings. The van der Waals surface area contributed by atoms with Crippen molar-refractivity contribution in [1.82, 2.24) is 9.38 Å². The van der Waals surface area contributed by atoms with E-state index >= 15 is 0 Å². The molecule has 1 aromatic carbocycles. The Morgan fingerprint density at radius 3 is 2.90 bits per heavy atom. The van der Waals surface area contributed by atoms with Crippen LogP contribution in [0.1, 0.15) is 17.4 Å². The zero-order valence-corrected chi connectivity index (χ0v) is 11.7. The molecular weight excluding hydrogens is 274 g/mol. The van der Waals surface area contributed by atoms with Gasteiger partial charge in [-0.05, 0) is 31.2 Å². The fraction of sp³-hybridized carbons (Fsp3) is 0.143. The van der Waals surface area contributed by atoms with Gasteiger partial charge in [0.1, 0.15) is 11.4 Å². The molecule has 5 nitrogen and oxygen atoms in total. The zero-order valence-electron chi connectivity index (χ0n) is 10.9. The lowest BCUT2D eigenvalue weighted by Crippen LogP contribution is -2.12. The molecule has 102 valence electrons. The number of carbonyl (C=O) groups excluding carboxylic acids is 1. The molecule has 0 saturated carbocycles. The molecule has 0 aliphatic heterocycles. The molecule has 2 aromatic heterocycles. The van der Waals surface area contributed by atoms with Crippen molar-refractivity contribution in [3.05, 3.63) is 47.7 Å². The molecule has 0 bridgehead atoms. The van der Waals surface area contributed by atoms with Crippen LogP contribution in [0.2, 0.25) is 0 Å². The molecule has 0 aliphatic carbocycles. The minimum absolute atomic E-state index is 0.218. The van der Waals surface area contributed by atoms with E-state index in [0.29, 0.717) is 12.3 Å². The number of hydrogen-bond acceptors (Lipinski definition) is 4. The number of benzene rings is 1. The van der Waals surface area contributed by atoms with E-state index in [4.69, 9.17) is 4.74 Å². The van der Waals surface area contributed by atoms with Crippen molar-refractivity contribution in [2.75, 3.05) is 11.9 Å². The highest BCUT2D eigenvalue weighted by molar-refractivity contribution is 7.15. The fourth-order valence-electron chi connectivity index (χ4n) is 1.83. The molecule has 3 rings (SSSR count). The lowest BCUT2D eigenvalue weighted by molar-refractivity contribution is 0.102. The van der Waals surface area contributed by atoms with Crippen molar-refractivity contribution in [3.63, 3.8) is 0 Å². The third-order valence-electron chi connectivity index (χ3n) is 2.75. The minimum atomic E-state index is -0.218. The molecule has 1 N–H and O–H groups in total. The number of imidazole rings is 1. The monoisotopic (exact) mass is 287 g/mol. The van der Waals surface area contributed by atoms with E-state index in [1.54, 1.807) is 18.3 Å². The largest absolute Gasteiger partial charge is 0.494 e. The minimum Gasteiger partial charge on any atom is -0.494 e. The van der Waals surface area contributed by atoms with Gasteiger partial charge in [0, 0.05) is 23.5 Å². The number of anilines is 1. The Morgan fingerprint density at radius 1 is 1.40 bits per heavy atom. The second-order valence-corrected chi connectivity index (χ2v) is 5.00. The highest BCUT2D eigenvalue weighted by Crippen LogP contribution is 2.17. The van der Waals surface area contributed by atoms with Gasteiger partial charge in [-0.25, -0.2) is 4.98 Å². The van der Waals surface area contributed by atoms with Crippen LogP contribution in [0.3, 0.4) is 0 Å². The number of rotatable bonds is 4. The summed E-state index contributed by atoms with van der Waals surface area (Å²) in [5, 5.41) is 4.74. The summed E-state index contributed by atoms with van der Waals surface area (Å²) in [5.74, 6) is 0.568. The number of nitrogens with one attached hydrogen (secondary N) is 1. The summed E-state index contributed by atoms with van der Waals surface area (Å²) < 4.78 is 7.18. The summed E-state index contributed by atoms with van der Waals surface area (Å²) in [5.41, 5.74) is 1.13. The summed E-state index contributed by atoms with van der Waals surface area (Å²) in [6, 6.07) is 7.26. The molecule has 2 heterocycles. The Bertz CT molecular complexity index is 702. The smallest absolute Gasteiger partial charge is 0.275 e. The first kappa shape index (κ1) is 12.7. The molecule has 0 unspecified atom stereocenters. The van der Waals surface area contributed by atoms with Gasteiger partial charge in [-0.15, -0.1) is 11.3 Å². The van der Waals surface area contributed by atoms with Crippen molar-refractivity contribution >= 4 is 27.9 Å². The Hall–Kier alpha value is -2.34. The van der Waals surface area contributed by atoms with Crippen molar-refractivity contribution in [3.8, 4) is 5.75 Å². The van der Waals surface area contributed by atoms with E-state index < -0.39 is 0 Å². The molecule has 0 atom stereocenters. The second-order valence-electron chi connectivity index (χ2n) is 4.13. The van der Waals surface area contributed by atoms with Crippen LogP contribution in [0.15, 0.2) is 42.0 Å². The highest BCUT2D eigenvalue weighted by Gasteiger charge is 2.11. The van der Waals surface area contributed by atoms with Crippen LogP contribution in [0.4, 0.5) is 5.69 Å². The number of thiazole rings is 1. The normalized spacial score (nSPS) is 10.7. The van der Waals surface area contributed by atoms with E-state index in [9.17, 15) is 4.79 Å². The maximum Gasteiger partial charge on any atom is 0.275 e. The van der Waals surface area contributed by atoms with Crippen LogP contribution in [-0.2, 0) is 0 Å². The van der Waals surface area contributed by atoms with Gasteiger partial charge in [0.25, 0.3) is 5.91 Å². The van der Waals surface area contributed by atoms with Gasteiger partial charge in [-0.1, -0.05) is 0 Å². The number of fused-ring (bicyclic) bond motifs is 1. The average molecular weight is 287 g/mol. The lowest BCUT2D eigenvalue weighted by atomic mass is 10.3. The first-order valence-electron chi connectivity index (χ1n) is 6.22. The molecule has 0 aliphatic rings. The molecule has 1 amide bonds. The zero-order chi connectivity index (χ0) is 13.9. The predicted octanol–water partition coefficient (Wildman–Crippen LogP) is 3.05. The maximum atomic E-state index is 12.1. The second kappa shape index (κ2) is 5.34. The van der Waals surface area contributed by atoms with Crippen LogP contribution in [0, 0.1) is 0 Å². The van der Waals surface area contributed by atoms with Gasteiger partial charge in [-0.2, -0.15) is 0 Å². The quantitative estimate of drug-likeness (QED) is 0.802. The van der Waals surface area contributed by atoms with E-state index in [0.717, 1.165) is 16.4 Å². The topological polar surface area (TPSA) is 55.6 Å². The predicted molar refractivity (Wildman–Crippen MR) is 78.6 cm³/mol. The van der Waals surface area contributed by atoms with Crippen molar-refractivity contribution in [2.45, 2.75) is 6.92 Å². The third kappa shape index (κ3) is 2.50. The van der Waals surface area contributed by atoms with Gasteiger partial charge >= 0.3 is 0 Å². The number of amides is 1. The van der Waals surface area contributed by atoms with Gasteiger partial charge in [0.2, 0.25) is 0 Å². The van der Waals surface area contributed by atoms with Crippen molar-refractivity contribution < 1.29 is 9.53 Å². The van der Waals surface area contributed by atoms with Gasteiger partial charge < -0.3 is 10.1 Å². The number of hydrogen-bond donors (Lipinski definition) is 1. The van der Waals surface area contributed by atoms with Gasteiger partial charge in [-0.3, -0.25) is 9.20 Å². The number of aromatic nitrogens is 2. The summed E-state index contributed by atoms with van der Waals surface area (Å²) in [7, 11) is 0. The van der Waals surface area contributed by atoms with E-state index in [2.05, 4.69) is 10.3 Å². The van der Waals surface area contributed by atoms with Crippen molar-refractivity contribution in [1.29, 1.82) is 0 Å². The van der Waals surface area contributed by atoms with Crippen LogP contribution in [-0.4, -0.2) is 21.9 Å². The summed E-state index contributed by atoms with van der Waals surface area (Å²) in [6.45, 7) is 2.55. The number of ether oxygens (including phenoxy) is 1. The molecule has 0 fully saturated rings. The third-order valence-corrected chi connectivity index (χ3v) is 3.52. The van der Waals surface area contributed by atoms with Crippen LogP contribution in [0.5, 0.6) is 5.75 Å². The highest BCUT2D eigenvalue weighted by atomic mass is 32.1. The Balaban J connectivity index is 1.73. The van der Waals surface area contributed by atoms with Crippen molar-refractivity contribution in [2.24, 2.45) is 0 Å². The molecule has 0 saturated heterocycles. The molecular formula is C14H13N3O2S. The molecule has 0 spiro atoms. The average Bonchev–Trinajstić information content (AvgIpc) is 3.02. The van der Waals surface area contributed by atoms with E-state index in [-0.39, 0.29) is 5.91 Å². The standard InChI is InChI=1S/C14H13N3O2S/c1-2-19-11-5-3-10(4-6-11)15-13(18)12-9-17-7-8-20-14(17)16-12/h3-9H,2H2,1H3,(H,15,18). The first-order valence-corrected chi connectivity index (χ1v) is 7.10. The lowest BCUT2D eigenvalue weighted by Gasteiger charge is -2.05. The van der Waals surface area contributed by atoms with Crippen LogP contribution >= 0.6 is 11.3 Å². The molecule has 0 radical (unpaired) electrons. The summed E-state index contributed by atoms with van der Waals surface area (Å²) in [4.78, 5) is 17.1. The van der Waals surface area contributed by atoms with E-state index in [1.165, 1.54) is 11.3 Å². The summed E-state index contributed by atoms with van der Waals surface area (Å²) in [6.07, 6.45) is 3.59. The first-order chi connectivity index (χ1) is 9.76. The Labute approximate surface area is 119 Å². The van der Waals surface area contributed by atoms with E-state index in [1.807, 2.05) is 35.0 Å². The van der Waals surface area contributed by atoms with Crippen LogP contribution < -0.4 is 10.1 Å². The molecule has 20 heavy (non-hydrogen) atoms. The Morgan fingerprint density at radius 2 is 2.20 bits per heavy atom. The van der Waals surface area contributed by atoms with Gasteiger partial charge in [0.15, 0.2) is 4.96 Å². The maximum absolute atomic E-state index is 12.1. The number of carbonyl (C=O) groups is 1. The van der Waals surface area contributed by atoms with Gasteiger partial charge in [0.05, 0.1) is 6.61 Å². The fourth-order valence-corrected chi connectivity index (χ4v) is 2.53. The molecule has 6 heteroatoms.